The number of allylic oxidation sites excluding steroid dienone is 2. The van der Waals surface area contributed by atoms with Crippen LogP contribution in [0, 0.1) is 6.92 Å². The lowest BCUT2D eigenvalue weighted by molar-refractivity contribution is 0.615. The van der Waals surface area contributed by atoms with Crippen molar-refractivity contribution in [2.24, 2.45) is 0 Å². The van der Waals surface area contributed by atoms with Crippen LogP contribution in [-0.2, 0) is 6.42 Å². The maximum absolute atomic E-state index is 5.36. The van der Waals surface area contributed by atoms with Crippen LogP contribution in [0.2, 0.25) is 0 Å². The minimum Gasteiger partial charge on any atom is -0.464 e. The molecule has 2 rings (SSSR count). The monoisotopic (exact) mass is 199 g/mol. The highest BCUT2D eigenvalue weighted by Crippen LogP contribution is 2.17. The molecule has 77 valence electrons. The Kier molecular flexibility index (Phi) is 3.23. The third-order valence-electron chi connectivity index (χ3n) is 2.45. The van der Waals surface area contributed by atoms with E-state index in [1.54, 1.807) is 6.26 Å². The fourth-order valence-corrected chi connectivity index (χ4v) is 1.64. The van der Waals surface area contributed by atoms with Gasteiger partial charge in [0.15, 0.2) is 0 Å². The molecule has 0 atom stereocenters. The summed E-state index contributed by atoms with van der Waals surface area (Å²) in [6, 6.07) is 8.38. The number of furan rings is 1. The van der Waals surface area contributed by atoms with Crippen LogP contribution in [0.1, 0.15) is 18.4 Å². The molecule has 0 aliphatic rings. The van der Waals surface area contributed by atoms with Crippen LogP contribution in [0.4, 0.5) is 0 Å². The van der Waals surface area contributed by atoms with Gasteiger partial charge in [0.1, 0.15) is 5.58 Å². The van der Waals surface area contributed by atoms with Gasteiger partial charge in [0.25, 0.3) is 0 Å². The molecule has 1 heterocycles. The molecule has 1 aromatic carbocycles. The topological polar surface area (TPSA) is 13.1 Å². The van der Waals surface area contributed by atoms with Gasteiger partial charge in [0, 0.05) is 5.39 Å². The van der Waals surface area contributed by atoms with E-state index >= 15 is 0 Å². The average molecular weight is 199 g/mol. The third-order valence-corrected chi connectivity index (χ3v) is 2.45. The van der Waals surface area contributed by atoms with E-state index in [2.05, 4.69) is 37.3 Å². The SMILES string of the molecule is [CH2]CC=CCCc1ccc2ccoc2c1. The van der Waals surface area contributed by atoms with Gasteiger partial charge in [0.2, 0.25) is 0 Å². The first-order chi connectivity index (χ1) is 7.40. The molecule has 15 heavy (non-hydrogen) atoms. The predicted molar refractivity (Wildman–Crippen MR) is 63.6 cm³/mol. The molecule has 0 spiro atoms. The summed E-state index contributed by atoms with van der Waals surface area (Å²) >= 11 is 0. The van der Waals surface area contributed by atoms with Crippen LogP contribution in [0.25, 0.3) is 11.0 Å². The molecule has 0 aliphatic heterocycles. The van der Waals surface area contributed by atoms with Crippen molar-refractivity contribution in [1.29, 1.82) is 0 Å². The summed E-state index contributed by atoms with van der Waals surface area (Å²) in [6.45, 7) is 3.76. The first-order valence-electron chi connectivity index (χ1n) is 5.30. The molecule has 2 aromatic rings. The lowest BCUT2D eigenvalue weighted by Gasteiger charge is -1.97. The van der Waals surface area contributed by atoms with E-state index in [9.17, 15) is 0 Å². The normalized spacial score (nSPS) is 11.5. The lowest BCUT2D eigenvalue weighted by atomic mass is 10.1. The Morgan fingerprint density at radius 3 is 3.00 bits per heavy atom. The van der Waals surface area contributed by atoms with Crippen LogP contribution in [0.3, 0.4) is 0 Å². The first-order valence-corrected chi connectivity index (χ1v) is 5.30. The minimum atomic E-state index is 0.872. The van der Waals surface area contributed by atoms with Gasteiger partial charge in [-0.05, 0) is 43.9 Å². The van der Waals surface area contributed by atoms with Crippen molar-refractivity contribution in [2.45, 2.75) is 19.3 Å². The largest absolute Gasteiger partial charge is 0.464 e. The molecule has 1 nitrogen and oxygen atoms in total. The molecule has 1 heteroatoms. The van der Waals surface area contributed by atoms with Crippen LogP contribution in [-0.4, -0.2) is 0 Å². The molecule has 1 aromatic heterocycles. The van der Waals surface area contributed by atoms with Gasteiger partial charge in [0.05, 0.1) is 6.26 Å². The summed E-state index contributed by atoms with van der Waals surface area (Å²) in [5.74, 6) is 0. The molecular formula is C14H15O. The van der Waals surface area contributed by atoms with Crippen molar-refractivity contribution >= 4 is 11.0 Å². The zero-order chi connectivity index (χ0) is 10.5. The lowest BCUT2D eigenvalue weighted by Crippen LogP contribution is -1.82. The second kappa shape index (κ2) is 4.83. The van der Waals surface area contributed by atoms with E-state index in [4.69, 9.17) is 4.42 Å². The molecule has 1 radical (unpaired) electrons. The highest BCUT2D eigenvalue weighted by molar-refractivity contribution is 5.77. The second-order valence-corrected chi connectivity index (χ2v) is 3.59. The van der Waals surface area contributed by atoms with Crippen molar-refractivity contribution < 1.29 is 4.42 Å². The van der Waals surface area contributed by atoms with Crippen LogP contribution < -0.4 is 0 Å². The predicted octanol–water partition coefficient (Wildman–Crippen LogP) is 4.15. The van der Waals surface area contributed by atoms with E-state index in [1.165, 1.54) is 10.9 Å². The smallest absolute Gasteiger partial charge is 0.134 e. The number of fused-ring (bicyclic) bond motifs is 1. The Hall–Kier alpha value is -1.50. The maximum Gasteiger partial charge on any atom is 0.134 e. The molecular weight excluding hydrogens is 184 g/mol. The fourth-order valence-electron chi connectivity index (χ4n) is 1.64. The van der Waals surface area contributed by atoms with E-state index in [0.717, 1.165) is 24.8 Å². The minimum absolute atomic E-state index is 0.872. The molecule has 0 unspecified atom stereocenters. The van der Waals surface area contributed by atoms with Crippen molar-refractivity contribution in [3.8, 4) is 0 Å². The Morgan fingerprint density at radius 1 is 1.20 bits per heavy atom. The number of hydrogen-bond acceptors (Lipinski definition) is 1. The molecule has 0 saturated carbocycles. The fraction of sp³-hybridized carbons (Fsp3) is 0.214. The zero-order valence-corrected chi connectivity index (χ0v) is 8.78. The quantitative estimate of drug-likeness (QED) is 0.674. The third kappa shape index (κ3) is 2.50. The van der Waals surface area contributed by atoms with E-state index in [1.807, 2.05) is 6.07 Å². The highest BCUT2D eigenvalue weighted by Gasteiger charge is 1.97. The van der Waals surface area contributed by atoms with Crippen molar-refractivity contribution in [1.82, 2.24) is 0 Å². The van der Waals surface area contributed by atoms with Crippen molar-refractivity contribution in [2.75, 3.05) is 0 Å². The first kappa shape index (κ1) is 10.0. The van der Waals surface area contributed by atoms with E-state index < -0.39 is 0 Å². The van der Waals surface area contributed by atoms with Crippen LogP contribution in [0.5, 0.6) is 0 Å². The number of aryl methyl sites for hydroxylation is 1. The van der Waals surface area contributed by atoms with Gasteiger partial charge in [-0.3, -0.25) is 0 Å². The highest BCUT2D eigenvalue weighted by atomic mass is 16.3. The molecule has 0 saturated heterocycles. The summed E-state index contributed by atoms with van der Waals surface area (Å²) < 4.78 is 5.36. The van der Waals surface area contributed by atoms with E-state index in [0.29, 0.717) is 0 Å². The van der Waals surface area contributed by atoms with Gasteiger partial charge >= 0.3 is 0 Å². The van der Waals surface area contributed by atoms with Gasteiger partial charge < -0.3 is 4.42 Å². The summed E-state index contributed by atoms with van der Waals surface area (Å²) in [6.07, 6.45) is 9.02. The summed E-state index contributed by atoms with van der Waals surface area (Å²) in [5.41, 5.74) is 2.31. The number of rotatable bonds is 4. The Bertz CT molecular complexity index is 451. The Morgan fingerprint density at radius 2 is 2.13 bits per heavy atom. The molecule has 0 amide bonds. The number of hydrogen-bond donors (Lipinski definition) is 0. The van der Waals surface area contributed by atoms with Crippen LogP contribution in [0.15, 0.2) is 47.1 Å². The van der Waals surface area contributed by atoms with Gasteiger partial charge in [-0.1, -0.05) is 24.3 Å². The maximum atomic E-state index is 5.36. The summed E-state index contributed by atoms with van der Waals surface area (Å²) in [5, 5.41) is 1.17. The molecule has 0 aliphatic carbocycles. The van der Waals surface area contributed by atoms with Crippen molar-refractivity contribution in [3.05, 3.63) is 55.2 Å². The van der Waals surface area contributed by atoms with E-state index in [-0.39, 0.29) is 0 Å². The number of benzene rings is 1. The van der Waals surface area contributed by atoms with Gasteiger partial charge in [-0.15, -0.1) is 0 Å². The summed E-state index contributed by atoms with van der Waals surface area (Å²) in [4.78, 5) is 0. The zero-order valence-electron chi connectivity index (χ0n) is 8.78. The standard InChI is InChI=1S/C14H15O/c1-2-3-4-5-6-12-7-8-13-9-10-15-14(13)11-12/h3-4,7-11H,1-2,5-6H2. The van der Waals surface area contributed by atoms with Crippen molar-refractivity contribution in [3.63, 3.8) is 0 Å². The molecule has 0 bridgehead atoms. The Balaban J connectivity index is 2.04. The molecule has 0 fully saturated rings. The average Bonchev–Trinajstić information content (AvgIpc) is 2.71. The van der Waals surface area contributed by atoms with Gasteiger partial charge in [-0.2, -0.15) is 0 Å². The molecule has 0 N–H and O–H groups in total. The second-order valence-electron chi connectivity index (χ2n) is 3.59. The van der Waals surface area contributed by atoms with Crippen LogP contribution >= 0.6 is 0 Å². The van der Waals surface area contributed by atoms with Gasteiger partial charge in [-0.25, -0.2) is 0 Å². The Labute approximate surface area is 90.4 Å². The summed E-state index contributed by atoms with van der Waals surface area (Å²) in [7, 11) is 0.